The maximum atomic E-state index is 11.4. The number of nitrogens with one attached hydrogen (secondary N) is 1. The van der Waals surface area contributed by atoms with E-state index >= 15 is 0 Å². The van der Waals surface area contributed by atoms with Gasteiger partial charge in [-0.1, -0.05) is 0 Å². The maximum Gasteiger partial charge on any atom is 0.407 e. The number of carbonyl (C=O) groups excluding carboxylic acids is 1. The van der Waals surface area contributed by atoms with E-state index in [2.05, 4.69) is 15.3 Å². The molecule has 7 nitrogen and oxygen atoms in total. The van der Waals surface area contributed by atoms with Crippen molar-refractivity contribution in [3.8, 4) is 0 Å². The van der Waals surface area contributed by atoms with Gasteiger partial charge in [-0.3, -0.25) is 0 Å². The Morgan fingerprint density at radius 3 is 2.81 bits per heavy atom. The minimum Gasteiger partial charge on any atom is -0.478 e. The third kappa shape index (κ3) is 3.10. The molecule has 1 atom stereocenters. The number of cyclic esters (lactones) is 1. The summed E-state index contributed by atoms with van der Waals surface area (Å²) in [4.78, 5) is 31.1. The third-order valence-corrected chi connectivity index (χ3v) is 4.49. The highest BCUT2D eigenvalue weighted by atomic mass is 32.2. The summed E-state index contributed by atoms with van der Waals surface area (Å²) >= 11 is 1.30. The molecular weight excluding hydrogens is 294 g/mol. The molecule has 2 heterocycles. The van der Waals surface area contributed by atoms with Gasteiger partial charge in [-0.05, 0) is 19.8 Å². The molecule has 0 bridgehead atoms. The Morgan fingerprint density at radius 2 is 2.24 bits per heavy atom. The van der Waals surface area contributed by atoms with Gasteiger partial charge in [0.05, 0.1) is 12.2 Å². The summed E-state index contributed by atoms with van der Waals surface area (Å²) < 4.78 is 5.04. The van der Waals surface area contributed by atoms with Crippen molar-refractivity contribution in [2.45, 2.75) is 36.8 Å². The molecule has 2 aliphatic rings. The van der Waals surface area contributed by atoms with Crippen molar-refractivity contribution in [3.05, 3.63) is 17.1 Å². The van der Waals surface area contributed by atoms with Crippen LogP contribution in [0.3, 0.4) is 0 Å². The standard InChI is InChI=1S/C13H15N3O4S/c1-6-9(12(17)18)11(16-10(15-6)7-2-3-7)21-5-8-4-14-13(19)20-8/h7-8H,2-5H2,1H3,(H,14,19)(H,17,18). The lowest BCUT2D eigenvalue weighted by Gasteiger charge is -2.11. The number of carboxylic acid groups (broad SMARTS) is 1. The van der Waals surface area contributed by atoms with E-state index in [1.54, 1.807) is 6.92 Å². The van der Waals surface area contributed by atoms with Gasteiger partial charge in [0.2, 0.25) is 0 Å². The molecule has 1 saturated carbocycles. The summed E-state index contributed by atoms with van der Waals surface area (Å²) in [5.41, 5.74) is 0.630. The van der Waals surface area contributed by atoms with E-state index in [9.17, 15) is 14.7 Å². The van der Waals surface area contributed by atoms with Gasteiger partial charge in [-0.2, -0.15) is 0 Å². The number of carboxylic acids is 1. The summed E-state index contributed by atoms with van der Waals surface area (Å²) in [5.74, 6) is 0.525. The summed E-state index contributed by atoms with van der Waals surface area (Å²) in [6, 6.07) is 0. The molecule has 1 aliphatic heterocycles. The van der Waals surface area contributed by atoms with Gasteiger partial charge in [-0.25, -0.2) is 19.6 Å². The maximum absolute atomic E-state index is 11.4. The predicted octanol–water partition coefficient (Wildman–Crippen LogP) is 1.56. The summed E-state index contributed by atoms with van der Waals surface area (Å²) in [5, 5.41) is 12.4. The molecule has 2 fully saturated rings. The van der Waals surface area contributed by atoms with E-state index in [1.807, 2.05) is 0 Å². The van der Waals surface area contributed by atoms with Gasteiger partial charge >= 0.3 is 12.1 Å². The number of aromatic nitrogens is 2. The Labute approximate surface area is 125 Å². The van der Waals surface area contributed by atoms with Crippen LogP contribution in [0.4, 0.5) is 4.79 Å². The Balaban J connectivity index is 1.80. The van der Waals surface area contributed by atoms with Crippen molar-refractivity contribution in [2.24, 2.45) is 0 Å². The monoisotopic (exact) mass is 309 g/mol. The number of ether oxygens (including phenoxy) is 1. The fourth-order valence-corrected chi connectivity index (χ4v) is 3.21. The van der Waals surface area contributed by atoms with Crippen LogP contribution in [0, 0.1) is 6.92 Å². The molecule has 3 rings (SSSR count). The van der Waals surface area contributed by atoms with Crippen LogP contribution < -0.4 is 5.32 Å². The molecule has 0 spiro atoms. The lowest BCUT2D eigenvalue weighted by molar-refractivity contribution is 0.0690. The Hall–Kier alpha value is -1.83. The number of alkyl carbamates (subject to hydrolysis) is 1. The van der Waals surface area contributed by atoms with Crippen molar-refractivity contribution in [1.29, 1.82) is 0 Å². The average Bonchev–Trinajstić information content (AvgIpc) is 3.18. The van der Waals surface area contributed by atoms with Crippen LogP contribution in [0.15, 0.2) is 5.03 Å². The number of carbonyl (C=O) groups is 2. The number of nitrogens with zero attached hydrogens (tertiary/aromatic N) is 2. The summed E-state index contributed by atoms with van der Waals surface area (Å²) in [6.45, 7) is 2.13. The highest BCUT2D eigenvalue weighted by molar-refractivity contribution is 7.99. The molecule has 1 aromatic heterocycles. The number of amides is 1. The molecule has 21 heavy (non-hydrogen) atoms. The van der Waals surface area contributed by atoms with E-state index in [4.69, 9.17) is 4.74 Å². The van der Waals surface area contributed by atoms with Crippen LogP contribution in [0.5, 0.6) is 0 Å². The van der Waals surface area contributed by atoms with E-state index < -0.39 is 12.1 Å². The lowest BCUT2D eigenvalue weighted by atomic mass is 10.2. The van der Waals surface area contributed by atoms with Gasteiger partial charge in [0, 0.05) is 11.7 Å². The van der Waals surface area contributed by atoms with Crippen LogP contribution in [-0.4, -0.2) is 45.5 Å². The minimum absolute atomic E-state index is 0.140. The number of hydrogen-bond donors (Lipinski definition) is 2. The van der Waals surface area contributed by atoms with E-state index in [0.717, 1.165) is 18.7 Å². The number of aryl methyl sites for hydroxylation is 1. The fourth-order valence-electron chi connectivity index (χ4n) is 2.14. The number of hydrogen-bond acceptors (Lipinski definition) is 6. The van der Waals surface area contributed by atoms with Crippen molar-refractivity contribution >= 4 is 23.8 Å². The fraction of sp³-hybridized carbons (Fsp3) is 0.538. The molecule has 8 heteroatoms. The number of rotatable bonds is 5. The van der Waals surface area contributed by atoms with Crippen LogP contribution in [0.1, 0.15) is 40.6 Å². The lowest BCUT2D eigenvalue weighted by Crippen LogP contribution is -2.17. The first-order valence-electron chi connectivity index (χ1n) is 6.73. The normalized spacial score (nSPS) is 21.0. The first-order chi connectivity index (χ1) is 10.0. The SMILES string of the molecule is Cc1nc(C2CC2)nc(SCC2CNC(=O)O2)c1C(=O)O. The smallest absolute Gasteiger partial charge is 0.407 e. The van der Waals surface area contributed by atoms with Gasteiger partial charge in [0.25, 0.3) is 0 Å². The topological polar surface area (TPSA) is 101 Å². The quantitative estimate of drug-likeness (QED) is 0.628. The largest absolute Gasteiger partial charge is 0.478 e. The van der Waals surface area contributed by atoms with Crippen molar-refractivity contribution in [3.63, 3.8) is 0 Å². The van der Waals surface area contributed by atoms with Crippen molar-refractivity contribution in [1.82, 2.24) is 15.3 Å². The molecule has 0 radical (unpaired) electrons. The Bertz CT molecular complexity index is 603. The molecule has 1 saturated heterocycles. The van der Waals surface area contributed by atoms with E-state index in [1.165, 1.54) is 11.8 Å². The van der Waals surface area contributed by atoms with Crippen LogP contribution in [0.25, 0.3) is 0 Å². The van der Waals surface area contributed by atoms with E-state index in [-0.39, 0.29) is 11.7 Å². The van der Waals surface area contributed by atoms with Crippen LogP contribution >= 0.6 is 11.8 Å². The van der Waals surface area contributed by atoms with Gasteiger partial charge in [0.15, 0.2) is 0 Å². The summed E-state index contributed by atoms with van der Waals surface area (Å²) in [7, 11) is 0. The second-order valence-corrected chi connectivity index (χ2v) is 6.15. The van der Waals surface area contributed by atoms with Crippen LogP contribution in [-0.2, 0) is 4.74 Å². The zero-order valence-corrected chi connectivity index (χ0v) is 12.3. The first kappa shape index (κ1) is 14.1. The molecule has 1 amide bonds. The average molecular weight is 309 g/mol. The molecular formula is C13H15N3O4S. The minimum atomic E-state index is -1.03. The molecule has 0 aromatic carbocycles. The van der Waals surface area contributed by atoms with Gasteiger partial charge in [0.1, 0.15) is 22.5 Å². The van der Waals surface area contributed by atoms with Crippen LogP contribution in [0.2, 0.25) is 0 Å². The first-order valence-corrected chi connectivity index (χ1v) is 7.72. The highest BCUT2D eigenvalue weighted by Crippen LogP contribution is 2.39. The van der Waals surface area contributed by atoms with Crippen molar-refractivity contribution < 1.29 is 19.4 Å². The molecule has 112 valence electrons. The highest BCUT2D eigenvalue weighted by Gasteiger charge is 2.30. The zero-order chi connectivity index (χ0) is 15.0. The molecule has 1 aromatic rings. The summed E-state index contributed by atoms with van der Waals surface area (Å²) in [6.07, 6.45) is 1.42. The van der Waals surface area contributed by atoms with Crippen molar-refractivity contribution in [2.75, 3.05) is 12.3 Å². The second-order valence-electron chi connectivity index (χ2n) is 5.15. The molecule has 1 unspecified atom stereocenters. The molecule has 1 aliphatic carbocycles. The van der Waals surface area contributed by atoms with Gasteiger partial charge < -0.3 is 15.2 Å². The number of aromatic carboxylic acids is 1. The zero-order valence-electron chi connectivity index (χ0n) is 11.5. The van der Waals surface area contributed by atoms with Gasteiger partial charge in [-0.15, -0.1) is 11.8 Å². The molecule has 2 N–H and O–H groups in total. The Kier molecular flexibility index (Phi) is 3.71. The predicted molar refractivity (Wildman–Crippen MR) is 74.7 cm³/mol. The van der Waals surface area contributed by atoms with E-state index in [0.29, 0.717) is 28.9 Å². The Morgan fingerprint density at radius 1 is 1.48 bits per heavy atom. The third-order valence-electron chi connectivity index (χ3n) is 3.38. The second kappa shape index (κ2) is 5.51. The number of thioether (sulfide) groups is 1.